The quantitative estimate of drug-likeness (QED) is 0.782. The van der Waals surface area contributed by atoms with Crippen molar-refractivity contribution in [3.8, 4) is 0 Å². The molecule has 13 heavy (non-hydrogen) atoms. The lowest BCUT2D eigenvalue weighted by molar-refractivity contribution is 0.916. The molecule has 1 aliphatic heterocycles. The molecular weight excluding hydrogens is 182 g/mol. The van der Waals surface area contributed by atoms with Gasteiger partial charge in [-0.15, -0.1) is 0 Å². The highest BCUT2D eigenvalue weighted by molar-refractivity contribution is 7.99. The molecule has 1 aromatic heterocycles. The molecule has 0 radical (unpaired) electrons. The van der Waals surface area contributed by atoms with Crippen molar-refractivity contribution in [3.05, 3.63) is 11.9 Å². The highest BCUT2D eigenvalue weighted by Crippen LogP contribution is 2.23. The van der Waals surface area contributed by atoms with Crippen LogP contribution in [0.25, 0.3) is 0 Å². The van der Waals surface area contributed by atoms with Crippen LogP contribution in [-0.4, -0.2) is 34.6 Å². The van der Waals surface area contributed by atoms with E-state index in [0.717, 1.165) is 30.0 Å². The first-order chi connectivity index (χ1) is 6.29. The second-order valence-corrected chi connectivity index (χ2v) is 4.62. The number of thioether (sulfide) groups is 1. The van der Waals surface area contributed by atoms with E-state index in [9.17, 15) is 0 Å². The van der Waals surface area contributed by atoms with E-state index in [1.807, 2.05) is 24.9 Å². The van der Waals surface area contributed by atoms with Crippen LogP contribution >= 0.6 is 11.8 Å². The summed E-state index contributed by atoms with van der Waals surface area (Å²) >= 11 is 1.95. The zero-order chi connectivity index (χ0) is 9.26. The van der Waals surface area contributed by atoms with Gasteiger partial charge in [-0.05, 0) is 19.6 Å². The molecule has 2 rings (SSSR count). The van der Waals surface area contributed by atoms with E-state index >= 15 is 0 Å². The molecule has 0 amide bonds. The Labute approximate surface area is 82.9 Å². The number of nitrogens with one attached hydrogen (secondary N) is 1. The van der Waals surface area contributed by atoms with Crippen LogP contribution in [0.4, 0.5) is 5.95 Å². The fourth-order valence-electron chi connectivity index (χ4n) is 1.67. The number of anilines is 1. The minimum atomic E-state index is 0.783. The van der Waals surface area contributed by atoms with Gasteiger partial charge in [-0.1, -0.05) is 0 Å². The Hall–Kier alpha value is -0.640. The monoisotopic (exact) mass is 197 g/mol. The molecule has 0 saturated carbocycles. The number of rotatable bonds is 2. The summed E-state index contributed by atoms with van der Waals surface area (Å²) in [4.78, 5) is 9.92. The van der Waals surface area contributed by atoms with Gasteiger partial charge in [0.2, 0.25) is 5.95 Å². The lowest BCUT2D eigenvalue weighted by Gasteiger charge is -2.13. The van der Waals surface area contributed by atoms with Gasteiger partial charge in [0.05, 0.1) is 0 Å². The van der Waals surface area contributed by atoms with Crippen molar-refractivity contribution in [2.45, 2.75) is 18.6 Å². The SMILES string of the molecule is CSC1CCN(c2ncc(C)[nH]2)C1. The van der Waals surface area contributed by atoms with Crippen molar-refractivity contribution in [1.29, 1.82) is 0 Å². The summed E-state index contributed by atoms with van der Waals surface area (Å²) in [5, 5.41) is 0.783. The first-order valence-electron chi connectivity index (χ1n) is 4.59. The summed E-state index contributed by atoms with van der Waals surface area (Å²) < 4.78 is 0. The Balaban J connectivity index is 2.03. The zero-order valence-electron chi connectivity index (χ0n) is 8.08. The molecule has 1 atom stereocenters. The third-order valence-electron chi connectivity index (χ3n) is 2.47. The lowest BCUT2D eigenvalue weighted by atomic mass is 10.4. The van der Waals surface area contributed by atoms with Crippen LogP contribution < -0.4 is 4.90 Å². The number of aromatic amines is 1. The normalized spacial score (nSPS) is 22.6. The topological polar surface area (TPSA) is 31.9 Å². The van der Waals surface area contributed by atoms with Gasteiger partial charge in [0.1, 0.15) is 0 Å². The van der Waals surface area contributed by atoms with Crippen LogP contribution in [0.2, 0.25) is 0 Å². The van der Waals surface area contributed by atoms with E-state index in [1.54, 1.807) is 0 Å². The smallest absolute Gasteiger partial charge is 0.202 e. The average molecular weight is 197 g/mol. The van der Waals surface area contributed by atoms with Gasteiger partial charge in [-0.2, -0.15) is 11.8 Å². The van der Waals surface area contributed by atoms with Crippen molar-refractivity contribution in [2.24, 2.45) is 0 Å². The second kappa shape index (κ2) is 3.62. The minimum Gasteiger partial charge on any atom is -0.341 e. The van der Waals surface area contributed by atoms with Gasteiger partial charge in [-0.25, -0.2) is 4.98 Å². The van der Waals surface area contributed by atoms with Crippen molar-refractivity contribution in [2.75, 3.05) is 24.2 Å². The largest absolute Gasteiger partial charge is 0.341 e. The van der Waals surface area contributed by atoms with Crippen molar-refractivity contribution in [1.82, 2.24) is 9.97 Å². The molecule has 1 saturated heterocycles. The Morgan fingerprint density at radius 3 is 3.08 bits per heavy atom. The second-order valence-electron chi connectivity index (χ2n) is 3.48. The molecule has 0 aliphatic carbocycles. The van der Waals surface area contributed by atoms with Crippen LogP contribution in [0.1, 0.15) is 12.1 Å². The molecule has 1 N–H and O–H groups in total. The predicted octanol–water partition coefficient (Wildman–Crippen LogP) is 1.66. The van der Waals surface area contributed by atoms with Crippen LogP contribution in [-0.2, 0) is 0 Å². The molecule has 4 heteroatoms. The minimum absolute atomic E-state index is 0.783. The van der Waals surface area contributed by atoms with Crippen molar-refractivity contribution < 1.29 is 0 Å². The van der Waals surface area contributed by atoms with Crippen LogP contribution in [0.5, 0.6) is 0 Å². The Morgan fingerprint density at radius 1 is 1.69 bits per heavy atom. The van der Waals surface area contributed by atoms with Gasteiger partial charge in [-0.3, -0.25) is 0 Å². The molecule has 1 aromatic rings. The average Bonchev–Trinajstić information content (AvgIpc) is 2.71. The summed E-state index contributed by atoms with van der Waals surface area (Å²) in [7, 11) is 0. The van der Waals surface area contributed by atoms with E-state index in [0.29, 0.717) is 0 Å². The third kappa shape index (κ3) is 1.82. The number of hydrogen-bond acceptors (Lipinski definition) is 3. The van der Waals surface area contributed by atoms with Crippen molar-refractivity contribution >= 4 is 17.7 Å². The first kappa shape index (κ1) is 8.94. The van der Waals surface area contributed by atoms with Crippen molar-refractivity contribution in [3.63, 3.8) is 0 Å². The predicted molar refractivity (Wildman–Crippen MR) is 57.5 cm³/mol. The molecule has 0 spiro atoms. The zero-order valence-corrected chi connectivity index (χ0v) is 8.90. The van der Waals surface area contributed by atoms with E-state index in [4.69, 9.17) is 0 Å². The number of aryl methyl sites for hydroxylation is 1. The molecule has 72 valence electrons. The summed E-state index contributed by atoms with van der Waals surface area (Å²) in [5.74, 6) is 1.04. The summed E-state index contributed by atoms with van der Waals surface area (Å²) in [6, 6.07) is 0. The number of H-pyrrole nitrogens is 1. The number of hydrogen-bond donors (Lipinski definition) is 1. The first-order valence-corrected chi connectivity index (χ1v) is 5.87. The molecular formula is C9H15N3S. The van der Waals surface area contributed by atoms with E-state index in [1.165, 1.54) is 6.42 Å². The van der Waals surface area contributed by atoms with Gasteiger partial charge in [0, 0.05) is 30.2 Å². The van der Waals surface area contributed by atoms with E-state index < -0.39 is 0 Å². The summed E-state index contributed by atoms with van der Waals surface area (Å²) in [6.07, 6.45) is 5.35. The molecule has 1 unspecified atom stereocenters. The van der Waals surface area contributed by atoms with Gasteiger partial charge < -0.3 is 9.88 Å². The molecule has 3 nitrogen and oxygen atoms in total. The standard InChI is InChI=1S/C9H15N3S/c1-7-5-10-9(11-7)12-4-3-8(6-12)13-2/h5,8H,3-4,6H2,1-2H3,(H,10,11). The van der Waals surface area contributed by atoms with Gasteiger partial charge in [0.15, 0.2) is 0 Å². The molecule has 0 bridgehead atoms. The summed E-state index contributed by atoms with van der Waals surface area (Å²) in [5.41, 5.74) is 1.14. The Bertz CT molecular complexity index is 284. The Morgan fingerprint density at radius 2 is 2.54 bits per heavy atom. The van der Waals surface area contributed by atoms with Crippen LogP contribution in [0.15, 0.2) is 6.20 Å². The van der Waals surface area contributed by atoms with E-state index in [2.05, 4.69) is 21.1 Å². The lowest BCUT2D eigenvalue weighted by Crippen LogP contribution is -2.21. The number of nitrogens with zero attached hydrogens (tertiary/aromatic N) is 2. The maximum Gasteiger partial charge on any atom is 0.202 e. The molecule has 2 heterocycles. The Kier molecular flexibility index (Phi) is 2.49. The molecule has 0 aromatic carbocycles. The maximum atomic E-state index is 4.33. The number of imidazole rings is 1. The highest BCUT2D eigenvalue weighted by atomic mass is 32.2. The van der Waals surface area contributed by atoms with Gasteiger partial charge in [0.25, 0.3) is 0 Å². The van der Waals surface area contributed by atoms with Crippen LogP contribution in [0, 0.1) is 6.92 Å². The molecule has 1 fully saturated rings. The van der Waals surface area contributed by atoms with Crippen LogP contribution in [0.3, 0.4) is 0 Å². The van der Waals surface area contributed by atoms with Gasteiger partial charge >= 0.3 is 0 Å². The molecule has 1 aliphatic rings. The third-order valence-corrected chi connectivity index (χ3v) is 3.52. The maximum absolute atomic E-state index is 4.33. The van der Waals surface area contributed by atoms with E-state index in [-0.39, 0.29) is 0 Å². The number of aromatic nitrogens is 2. The fourth-order valence-corrected chi connectivity index (χ4v) is 2.34. The highest BCUT2D eigenvalue weighted by Gasteiger charge is 2.23. The summed E-state index contributed by atoms with van der Waals surface area (Å²) in [6.45, 7) is 4.31. The fraction of sp³-hybridized carbons (Fsp3) is 0.667.